The lowest BCUT2D eigenvalue weighted by Gasteiger charge is -2.23. The fraction of sp³-hybridized carbons (Fsp3) is 0.214. The van der Waals surface area contributed by atoms with Gasteiger partial charge < -0.3 is 10.6 Å². The Kier molecular flexibility index (Phi) is 8.49. The second-order valence-electron chi connectivity index (χ2n) is 8.29. The molecule has 0 fully saturated rings. The van der Waals surface area contributed by atoms with Gasteiger partial charge in [-0.05, 0) is 60.4 Å². The van der Waals surface area contributed by atoms with Crippen LogP contribution in [0.1, 0.15) is 17.5 Å². The SMILES string of the molecule is O=C(NCCCN(CCc1ccc(Cl)cc1)Cc1cnc2ccccc2c1)Nc1ccccc1. The summed E-state index contributed by atoms with van der Waals surface area (Å²) in [6.07, 6.45) is 3.74. The van der Waals surface area contributed by atoms with Gasteiger partial charge in [-0.3, -0.25) is 9.88 Å². The minimum atomic E-state index is -0.183. The molecule has 0 saturated heterocycles. The molecule has 0 bridgehead atoms. The van der Waals surface area contributed by atoms with Crippen molar-refractivity contribution in [1.29, 1.82) is 0 Å². The van der Waals surface area contributed by atoms with Crippen molar-refractivity contribution >= 4 is 34.2 Å². The lowest BCUT2D eigenvalue weighted by Crippen LogP contribution is -2.33. The third-order valence-corrected chi connectivity index (χ3v) is 5.90. The maximum Gasteiger partial charge on any atom is 0.319 e. The van der Waals surface area contributed by atoms with Crippen LogP contribution in [0.2, 0.25) is 5.02 Å². The van der Waals surface area contributed by atoms with E-state index in [4.69, 9.17) is 11.6 Å². The van der Waals surface area contributed by atoms with Crippen LogP contribution in [-0.4, -0.2) is 35.5 Å². The number of aromatic nitrogens is 1. The molecule has 2 N–H and O–H groups in total. The molecule has 0 radical (unpaired) electrons. The number of amides is 2. The first-order chi connectivity index (χ1) is 16.7. The molecule has 0 spiro atoms. The molecule has 0 atom stereocenters. The molecule has 3 aromatic carbocycles. The van der Waals surface area contributed by atoms with E-state index in [9.17, 15) is 4.79 Å². The molecule has 4 aromatic rings. The van der Waals surface area contributed by atoms with Crippen LogP contribution in [0.4, 0.5) is 10.5 Å². The van der Waals surface area contributed by atoms with Crippen molar-refractivity contribution in [3.8, 4) is 0 Å². The molecule has 0 aliphatic rings. The molecule has 0 saturated carbocycles. The van der Waals surface area contributed by atoms with Crippen molar-refractivity contribution in [2.24, 2.45) is 0 Å². The van der Waals surface area contributed by atoms with Crippen molar-refractivity contribution in [2.45, 2.75) is 19.4 Å². The van der Waals surface area contributed by atoms with Crippen LogP contribution in [0.5, 0.6) is 0 Å². The van der Waals surface area contributed by atoms with Gasteiger partial charge in [-0.1, -0.05) is 60.1 Å². The van der Waals surface area contributed by atoms with E-state index in [1.54, 1.807) is 0 Å². The smallest absolute Gasteiger partial charge is 0.319 e. The zero-order valence-electron chi connectivity index (χ0n) is 19.1. The summed E-state index contributed by atoms with van der Waals surface area (Å²) in [6.45, 7) is 3.18. The van der Waals surface area contributed by atoms with Crippen LogP contribution < -0.4 is 10.6 Å². The molecule has 2 amide bonds. The number of anilines is 1. The van der Waals surface area contributed by atoms with Gasteiger partial charge >= 0.3 is 6.03 Å². The highest BCUT2D eigenvalue weighted by atomic mass is 35.5. The molecule has 1 heterocycles. The van der Waals surface area contributed by atoms with E-state index in [1.165, 1.54) is 11.1 Å². The van der Waals surface area contributed by atoms with Gasteiger partial charge in [-0.25, -0.2) is 4.79 Å². The highest BCUT2D eigenvalue weighted by Gasteiger charge is 2.09. The summed E-state index contributed by atoms with van der Waals surface area (Å²) in [4.78, 5) is 19.2. The van der Waals surface area contributed by atoms with E-state index < -0.39 is 0 Å². The molecule has 0 unspecified atom stereocenters. The van der Waals surface area contributed by atoms with Crippen molar-refractivity contribution in [3.05, 3.63) is 107 Å². The fourth-order valence-corrected chi connectivity index (χ4v) is 4.00. The molecule has 34 heavy (non-hydrogen) atoms. The number of hydrogen-bond donors (Lipinski definition) is 2. The van der Waals surface area contributed by atoms with Crippen LogP contribution >= 0.6 is 11.6 Å². The van der Waals surface area contributed by atoms with Gasteiger partial charge in [0, 0.05) is 48.5 Å². The summed E-state index contributed by atoms with van der Waals surface area (Å²) in [7, 11) is 0. The van der Waals surface area contributed by atoms with Gasteiger partial charge in [0.2, 0.25) is 0 Å². The van der Waals surface area contributed by atoms with Gasteiger partial charge in [0.15, 0.2) is 0 Å². The van der Waals surface area contributed by atoms with E-state index >= 15 is 0 Å². The number of rotatable bonds is 10. The number of nitrogens with zero attached hydrogens (tertiary/aromatic N) is 2. The van der Waals surface area contributed by atoms with E-state index in [0.717, 1.165) is 54.1 Å². The molecule has 174 valence electrons. The minimum absolute atomic E-state index is 0.183. The molecule has 4 rings (SSSR count). The van der Waals surface area contributed by atoms with Gasteiger partial charge in [0.25, 0.3) is 0 Å². The highest BCUT2D eigenvalue weighted by Crippen LogP contribution is 2.15. The Hall–Kier alpha value is -3.41. The minimum Gasteiger partial charge on any atom is -0.338 e. The Balaban J connectivity index is 1.33. The number of carbonyl (C=O) groups excluding carboxylic acids is 1. The van der Waals surface area contributed by atoms with Crippen molar-refractivity contribution in [1.82, 2.24) is 15.2 Å². The number of nitrogens with one attached hydrogen (secondary N) is 2. The summed E-state index contributed by atoms with van der Waals surface area (Å²) in [5.41, 5.74) is 4.23. The summed E-state index contributed by atoms with van der Waals surface area (Å²) < 4.78 is 0. The Morgan fingerprint density at radius 1 is 0.882 bits per heavy atom. The summed E-state index contributed by atoms with van der Waals surface area (Å²) in [5, 5.41) is 7.71. The first kappa shape index (κ1) is 23.7. The van der Waals surface area contributed by atoms with Crippen molar-refractivity contribution < 1.29 is 4.79 Å². The Bertz CT molecular complexity index is 1200. The van der Waals surface area contributed by atoms with Gasteiger partial charge in [0.1, 0.15) is 0 Å². The largest absolute Gasteiger partial charge is 0.338 e. The molecule has 0 aliphatic carbocycles. The van der Waals surface area contributed by atoms with E-state index in [2.05, 4.69) is 44.8 Å². The maximum absolute atomic E-state index is 12.2. The molecule has 1 aromatic heterocycles. The molecule has 5 nitrogen and oxygen atoms in total. The molecular weight excluding hydrogens is 444 g/mol. The Morgan fingerprint density at radius 3 is 2.47 bits per heavy atom. The van der Waals surface area contributed by atoms with Crippen molar-refractivity contribution in [3.63, 3.8) is 0 Å². The van der Waals surface area contributed by atoms with Crippen LogP contribution in [-0.2, 0) is 13.0 Å². The van der Waals surface area contributed by atoms with Crippen LogP contribution in [0.25, 0.3) is 10.9 Å². The summed E-state index contributed by atoms with van der Waals surface area (Å²) in [5.74, 6) is 0. The second-order valence-corrected chi connectivity index (χ2v) is 8.73. The predicted molar refractivity (Wildman–Crippen MR) is 140 cm³/mol. The standard InChI is InChI=1S/C28H29ClN4O/c29-25-13-11-22(12-14-25)15-18-33(21-23-19-24-7-4-5-10-27(24)31-20-23)17-6-16-30-28(34)32-26-8-2-1-3-9-26/h1-5,7-14,19-20H,6,15-18,21H2,(H2,30,32,34). The number of halogens is 1. The van der Waals surface area contributed by atoms with Crippen molar-refractivity contribution in [2.75, 3.05) is 25.0 Å². The van der Waals surface area contributed by atoms with Gasteiger partial charge in [-0.2, -0.15) is 0 Å². The topological polar surface area (TPSA) is 57.3 Å². The predicted octanol–water partition coefficient (Wildman–Crippen LogP) is 6.14. The maximum atomic E-state index is 12.2. The Labute approximate surface area is 205 Å². The first-order valence-corrected chi connectivity index (χ1v) is 11.9. The number of benzene rings is 3. The van der Waals surface area contributed by atoms with E-state index in [-0.39, 0.29) is 6.03 Å². The average Bonchev–Trinajstić information content (AvgIpc) is 2.86. The third-order valence-electron chi connectivity index (χ3n) is 5.65. The van der Waals surface area contributed by atoms with E-state index in [1.807, 2.05) is 66.9 Å². The van der Waals surface area contributed by atoms with Crippen LogP contribution in [0.3, 0.4) is 0 Å². The highest BCUT2D eigenvalue weighted by molar-refractivity contribution is 6.30. The number of para-hydroxylation sites is 2. The third kappa shape index (κ3) is 7.30. The zero-order valence-corrected chi connectivity index (χ0v) is 19.8. The molecule has 6 heteroatoms. The molecule has 0 aliphatic heterocycles. The fourth-order valence-electron chi connectivity index (χ4n) is 3.87. The lowest BCUT2D eigenvalue weighted by atomic mass is 10.1. The number of fused-ring (bicyclic) bond motifs is 1. The average molecular weight is 473 g/mol. The van der Waals surface area contributed by atoms with Crippen LogP contribution in [0, 0.1) is 0 Å². The number of hydrogen-bond acceptors (Lipinski definition) is 3. The van der Waals surface area contributed by atoms with Gasteiger partial charge in [-0.15, -0.1) is 0 Å². The lowest BCUT2D eigenvalue weighted by molar-refractivity contribution is 0.247. The summed E-state index contributed by atoms with van der Waals surface area (Å²) in [6, 6.07) is 27.7. The normalized spacial score (nSPS) is 11.0. The number of urea groups is 1. The monoisotopic (exact) mass is 472 g/mol. The summed E-state index contributed by atoms with van der Waals surface area (Å²) >= 11 is 6.03. The first-order valence-electron chi connectivity index (χ1n) is 11.6. The zero-order chi connectivity index (χ0) is 23.6. The number of carbonyl (C=O) groups is 1. The van der Waals surface area contributed by atoms with Gasteiger partial charge in [0.05, 0.1) is 5.52 Å². The second kappa shape index (κ2) is 12.2. The van der Waals surface area contributed by atoms with E-state index in [0.29, 0.717) is 6.54 Å². The van der Waals surface area contributed by atoms with Crippen LogP contribution in [0.15, 0.2) is 91.1 Å². The number of pyridine rings is 1. The Morgan fingerprint density at radius 2 is 1.65 bits per heavy atom. The quantitative estimate of drug-likeness (QED) is 0.272. The molecular formula is C28H29ClN4O.